The Morgan fingerprint density at radius 2 is 0.724 bits per heavy atom. The third-order valence-corrected chi connectivity index (χ3v) is 27.2. The predicted molar refractivity (Wildman–Crippen MR) is 489 cm³/mol. The summed E-state index contributed by atoms with van der Waals surface area (Å²) < 4.78 is 83.5. The molecule has 7 aliphatic rings. The lowest BCUT2D eigenvalue weighted by atomic mass is 9.87. The molecular weight excluding hydrogens is 1940 g/mol. The van der Waals surface area contributed by atoms with Gasteiger partial charge in [-0.1, -0.05) is 156 Å². The summed E-state index contributed by atoms with van der Waals surface area (Å²) in [6.07, 6.45) is -58.9. The summed E-state index contributed by atoms with van der Waals surface area (Å²) in [6.45, 7) is -0.166. The number of nitrogens with one attached hydrogen (secondary N) is 5. The van der Waals surface area contributed by atoms with Crippen LogP contribution in [0.15, 0.2) is 0 Å². The third kappa shape index (κ3) is 34.6. The number of rotatable bonds is 63. The molecule has 41 atom stereocenters. The molecule has 31 N–H and O–H groups in total. The minimum atomic E-state index is -3.68. The Bertz CT molecular complexity index is 3860. The van der Waals surface area contributed by atoms with Gasteiger partial charge in [0.2, 0.25) is 29.5 Å². The zero-order valence-electron chi connectivity index (χ0n) is 82.9. The monoisotopic (exact) mass is 2100 g/mol. The van der Waals surface area contributed by atoms with Crippen molar-refractivity contribution in [3.63, 3.8) is 0 Å². The number of amides is 5. The molecule has 7 heterocycles. The molecule has 7 aliphatic heterocycles. The second kappa shape index (κ2) is 60.7. The van der Waals surface area contributed by atoms with Gasteiger partial charge in [-0.05, 0) is 18.8 Å². The molecule has 145 heavy (non-hydrogen) atoms. The molecule has 0 bridgehead atoms. The van der Waals surface area contributed by atoms with E-state index in [1.54, 1.807) is 0 Å². The Kier molecular flexibility index (Phi) is 52.8. The molecule has 53 nitrogen and oxygen atoms in total. The number of hydrogen-bond acceptors (Lipinski definition) is 45. The van der Waals surface area contributed by atoms with Gasteiger partial charge in [0.15, 0.2) is 25.2 Å². The number of carbonyl (C=O) groups is 8. The van der Waals surface area contributed by atoms with Crippen molar-refractivity contribution in [3.05, 3.63) is 0 Å². The molecule has 0 aromatic rings. The van der Waals surface area contributed by atoms with E-state index < -0.39 is 369 Å². The van der Waals surface area contributed by atoms with Gasteiger partial charge in [-0.3, -0.25) is 24.0 Å². The van der Waals surface area contributed by atoms with Gasteiger partial charge in [0.1, 0.15) is 159 Å². The number of aliphatic hydroxyl groups excluding tert-OH is 23. The molecule has 0 spiro atoms. The highest BCUT2D eigenvalue weighted by Crippen LogP contribution is 2.45. The minimum Gasteiger partial charge on any atom is -0.477 e. The van der Waals surface area contributed by atoms with E-state index in [-0.39, 0.29) is 12.8 Å². The van der Waals surface area contributed by atoms with Crippen molar-refractivity contribution in [3.8, 4) is 0 Å². The van der Waals surface area contributed by atoms with Crippen molar-refractivity contribution >= 4 is 47.4 Å². The maximum Gasteiger partial charge on any atom is 0.364 e. The molecule has 0 saturated carbocycles. The second-order valence-electron chi connectivity index (χ2n) is 39.1. The normalized spacial score (nSPS) is 36.0. The van der Waals surface area contributed by atoms with Crippen molar-refractivity contribution in [1.29, 1.82) is 0 Å². The second-order valence-corrected chi connectivity index (χ2v) is 39.1. The number of carboxylic acid groups (broad SMARTS) is 3. The van der Waals surface area contributed by atoms with E-state index in [4.69, 9.17) is 66.3 Å². The number of unbranched alkanes of at least 4 members (excludes halogenated alkanes) is 19. The van der Waals surface area contributed by atoms with Gasteiger partial charge in [-0.25, -0.2) is 14.4 Å². The summed E-state index contributed by atoms with van der Waals surface area (Å²) in [5.74, 6) is -22.1. The number of carboxylic acids is 3. The number of aliphatic carboxylic acids is 3. The van der Waals surface area contributed by atoms with E-state index in [9.17, 15) is 171 Å². The average Bonchev–Trinajstić information content (AvgIpc) is 0.739. The van der Waals surface area contributed by atoms with E-state index in [0.29, 0.717) is 18.8 Å². The average molecular weight is 2110 g/mol. The smallest absolute Gasteiger partial charge is 0.364 e. The van der Waals surface area contributed by atoms with Gasteiger partial charge < -0.3 is 226 Å². The Hall–Kier alpha value is -5.72. The van der Waals surface area contributed by atoms with Gasteiger partial charge in [0.25, 0.3) is 17.4 Å². The first-order chi connectivity index (χ1) is 68.6. The van der Waals surface area contributed by atoms with Crippen LogP contribution < -0.4 is 26.6 Å². The molecule has 842 valence electrons. The van der Waals surface area contributed by atoms with Gasteiger partial charge in [0, 0.05) is 53.4 Å². The van der Waals surface area contributed by atoms with E-state index in [0.717, 1.165) is 118 Å². The zero-order chi connectivity index (χ0) is 108. The van der Waals surface area contributed by atoms with Crippen LogP contribution in [0.4, 0.5) is 0 Å². The first-order valence-electron chi connectivity index (χ1n) is 50.1. The van der Waals surface area contributed by atoms with Gasteiger partial charge in [0.05, 0.1) is 101 Å². The molecule has 5 amide bonds. The topological polar surface area (TPSA) is 852 Å². The van der Waals surface area contributed by atoms with Crippen LogP contribution in [0.5, 0.6) is 0 Å². The van der Waals surface area contributed by atoms with Crippen molar-refractivity contribution in [2.24, 2.45) is 5.92 Å². The molecule has 0 radical (unpaired) electrons. The zero-order valence-corrected chi connectivity index (χ0v) is 82.9. The minimum absolute atomic E-state index is 0.0428. The summed E-state index contributed by atoms with van der Waals surface area (Å²) in [6, 6.07) is -9.64. The first kappa shape index (κ1) is 126. The summed E-state index contributed by atoms with van der Waals surface area (Å²) in [5, 5.41) is 309. The van der Waals surface area contributed by atoms with Gasteiger partial charge in [-0.2, -0.15) is 0 Å². The highest BCUT2D eigenvalue weighted by atomic mass is 16.8. The standard InChI is InChI=1S/C92H161N5O48/c1-8-9-10-11-12-13-14-15-16-17-22-25-28-31-60(115)97-48(65(116)49(109)30-27-24-21-19-18-20-23-26-29-43(2)3)42-132-84-72(123)71(122)75(58(40-103)136-84)138-86-73(124)81(70(121)57(39-102)135-86)139-83-64(96-47(7)108)80(69(120)55(37-100)133-83)144-91(88(128)129)33-52(112)63(95-46(6)107)79(143-91)68(119)56(38-101)134-85-74(125)82(145-92(89(130)131)34-51(111)62(94-45(5)106)78(142-92)67(118)54(114)36-99)76(59(41-104)137-85)140-90(87(126)127)32-50(110)61(93-44(4)105)77(141-90)66(117)53(113)35-98/h43,48-59,61-86,98-104,109-114,116-125H,8-42H2,1-7H3,(H,93,105)(H,94,106)(H,95,107)(H,96,108)(H,97,115)(H,126,127)(H,128,129)(H,130,131)/t48-,49+,50-,51-,52-,53+,54+,55+,56+,57+,58+,59+,61+,62+,63+,64+,65-,66+,67+,68+,69-,70-,71+,72+,73+,74+,75+,76-,77+,78+,79+,80+,81-,82+,83-,84+,85+,86-,90+,91-,92-/m0/s1. The van der Waals surface area contributed by atoms with Crippen LogP contribution in [0.1, 0.15) is 222 Å². The number of carbonyl (C=O) groups excluding carboxylic acids is 5. The van der Waals surface area contributed by atoms with Crippen molar-refractivity contribution in [1.82, 2.24) is 26.6 Å². The van der Waals surface area contributed by atoms with Crippen LogP contribution in [-0.4, -0.2) is 483 Å². The quantitative estimate of drug-likeness (QED) is 0.0252. The molecule has 0 aliphatic carbocycles. The van der Waals surface area contributed by atoms with Crippen molar-refractivity contribution in [2.75, 3.05) is 52.9 Å². The molecular formula is C92H161N5O48. The number of hydrogen-bond donors (Lipinski definition) is 31. The van der Waals surface area contributed by atoms with E-state index in [1.165, 1.54) is 38.5 Å². The lowest BCUT2D eigenvalue weighted by molar-refractivity contribution is -0.404. The van der Waals surface area contributed by atoms with Crippen molar-refractivity contribution < 1.29 is 237 Å². The lowest BCUT2D eigenvalue weighted by Gasteiger charge is -2.53. The molecule has 7 rings (SSSR count). The molecule has 0 unspecified atom stereocenters. The van der Waals surface area contributed by atoms with Crippen LogP contribution in [0, 0.1) is 5.92 Å². The van der Waals surface area contributed by atoms with E-state index in [1.807, 2.05) is 0 Å². The van der Waals surface area contributed by atoms with E-state index in [2.05, 4.69) is 47.4 Å². The van der Waals surface area contributed by atoms with Crippen LogP contribution in [0.2, 0.25) is 0 Å². The molecule has 0 aromatic carbocycles. The number of aliphatic hydroxyl groups is 23. The Morgan fingerprint density at radius 1 is 0.366 bits per heavy atom. The van der Waals surface area contributed by atoms with Crippen molar-refractivity contribution in [2.45, 2.75) is 472 Å². The lowest BCUT2D eigenvalue weighted by Crippen LogP contribution is -2.73. The Labute approximate surface area is 838 Å². The summed E-state index contributed by atoms with van der Waals surface area (Å²) >= 11 is 0. The SMILES string of the molecule is CCCCCCCCCCCCCCCC(=O)N[C@@H](CO[C@@H]1O[C@H](CO)[C@@H](O[C@@H]2O[C@H](CO)[C@H](O)[C@H](O[C@@H]3O[C@H](CO)[C@H](O)[C@H](O[C@]4(C(=O)O)C[C@H](O)[C@@H](NC(C)=O)[C@H]([C@H](O)[C@@H](CO)O[C@@H]5O[C@H](CO)[C@H](O[C@]6(C(=O)O)C[C@H](O)[C@@H](NC(C)=O)[C@H]([C@H](O)[C@H](O)CO)O6)[C@H](O[C@]6(C(=O)O)C[C@H](O)[C@@H](NC(C)=O)[C@H]([C@H](O)[C@H](O)CO)O6)[C@H]5O)O4)[C@H]3NC(C)=O)[C@H]2O)[C@H](O)[C@H]1O)[C@H](O)[C@H](O)CCCCCCCCCCC(C)C. The Balaban J connectivity index is 1.16. The molecule has 7 fully saturated rings. The van der Waals surface area contributed by atoms with Gasteiger partial charge >= 0.3 is 17.9 Å². The maximum atomic E-state index is 14.3. The highest BCUT2D eigenvalue weighted by molar-refractivity contribution is 5.79. The fourth-order valence-corrected chi connectivity index (χ4v) is 19.2. The third-order valence-electron chi connectivity index (χ3n) is 27.2. The largest absolute Gasteiger partial charge is 0.477 e. The van der Waals surface area contributed by atoms with Crippen LogP contribution >= 0.6 is 0 Å². The molecule has 0 aromatic heterocycles. The summed E-state index contributed by atoms with van der Waals surface area (Å²) in [4.78, 5) is 107. The van der Waals surface area contributed by atoms with Crippen LogP contribution in [-0.2, 0) is 105 Å². The van der Waals surface area contributed by atoms with E-state index >= 15 is 0 Å². The number of ether oxygens (including phenoxy) is 14. The van der Waals surface area contributed by atoms with Crippen LogP contribution in [0.25, 0.3) is 0 Å². The summed E-state index contributed by atoms with van der Waals surface area (Å²) in [5.41, 5.74) is 0. The summed E-state index contributed by atoms with van der Waals surface area (Å²) in [7, 11) is 0. The first-order valence-corrected chi connectivity index (χ1v) is 50.1. The molecule has 7 saturated heterocycles. The molecule has 53 heteroatoms. The van der Waals surface area contributed by atoms with Gasteiger partial charge in [-0.15, -0.1) is 0 Å². The van der Waals surface area contributed by atoms with Crippen LogP contribution in [0.3, 0.4) is 0 Å². The maximum absolute atomic E-state index is 14.3. The predicted octanol–water partition coefficient (Wildman–Crippen LogP) is -8.81. The highest BCUT2D eigenvalue weighted by Gasteiger charge is 2.67. The Morgan fingerprint density at radius 3 is 1.14 bits per heavy atom. The fourth-order valence-electron chi connectivity index (χ4n) is 19.2. The fraction of sp³-hybridized carbons (Fsp3) is 0.913.